The first-order valence-corrected chi connectivity index (χ1v) is 12.2. The molecule has 0 unspecified atom stereocenters. The molecule has 0 radical (unpaired) electrons. The summed E-state index contributed by atoms with van der Waals surface area (Å²) in [6, 6.07) is 14.6. The standard InChI is InChI=1S/C19H15N5O4S3/c25-16(21-18-20-10-11-29-18)12-30-19-23-22-17(28-19)13-6-8-14(9-7-13)24-31(26,27)15-4-2-1-3-5-15/h1-11,24H,12H2,(H,20,21,25). The van der Waals surface area contributed by atoms with Crippen LogP contribution in [0.1, 0.15) is 0 Å². The molecule has 9 nitrogen and oxygen atoms in total. The molecule has 0 aliphatic rings. The van der Waals surface area contributed by atoms with Gasteiger partial charge < -0.3 is 9.73 Å². The van der Waals surface area contributed by atoms with Crippen LogP contribution in [0.25, 0.3) is 11.5 Å². The molecule has 0 bridgehead atoms. The number of hydrogen-bond donors (Lipinski definition) is 2. The van der Waals surface area contributed by atoms with Crippen molar-refractivity contribution >= 4 is 49.8 Å². The van der Waals surface area contributed by atoms with E-state index < -0.39 is 10.0 Å². The lowest BCUT2D eigenvalue weighted by molar-refractivity contribution is -0.113. The lowest BCUT2D eigenvalue weighted by Crippen LogP contribution is -2.13. The minimum absolute atomic E-state index is 0.0986. The summed E-state index contributed by atoms with van der Waals surface area (Å²) in [4.78, 5) is 16.1. The number of aromatic nitrogens is 3. The Morgan fingerprint density at radius 3 is 2.55 bits per heavy atom. The summed E-state index contributed by atoms with van der Waals surface area (Å²) in [5, 5.41) is 13.1. The molecule has 2 aromatic heterocycles. The zero-order valence-corrected chi connectivity index (χ0v) is 18.2. The fourth-order valence-electron chi connectivity index (χ4n) is 2.45. The molecular weight excluding hydrogens is 458 g/mol. The normalized spacial score (nSPS) is 11.2. The van der Waals surface area contributed by atoms with Gasteiger partial charge in [-0.3, -0.25) is 9.52 Å². The number of carbonyl (C=O) groups is 1. The van der Waals surface area contributed by atoms with Crippen LogP contribution >= 0.6 is 23.1 Å². The van der Waals surface area contributed by atoms with Crippen molar-refractivity contribution in [2.75, 3.05) is 15.8 Å². The van der Waals surface area contributed by atoms with Crippen LogP contribution in [0.15, 0.2) is 80.7 Å². The largest absolute Gasteiger partial charge is 0.411 e. The van der Waals surface area contributed by atoms with Crippen LogP contribution in [0.2, 0.25) is 0 Å². The van der Waals surface area contributed by atoms with Crippen molar-refractivity contribution in [3.05, 3.63) is 66.2 Å². The van der Waals surface area contributed by atoms with Gasteiger partial charge in [-0.15, -0.1) is 21.5 Å². The number of carbonyl (C=O) groups excluding carboxylic acids is 1. The molecule has 0 atom stereocenters. The molecule has 4 rings (SSSR count). The highest BCUT2D eigenvalue weighted by molar-refractivity contribution is 7.99. The molecule has 12 heteroatoms. The van der Waals surface area contributed by atoms with Crippen LogP contribution in [0.5, 0.6) is 0 Å². The maximum Gasteiger partial charge on any atom is 0.277 e. The van der Waals surface area contributed by atoms with Crippen molar-refractivity contribution in [3.8, 4) is 11.5 Å². The van der Waals surface area contributed by atoms with Gasteiger partial charge in [-0.25, -0.2) is 13.4 Å². The van der Waals surface area contributed by atoms with E-state index in [0.717, 1.165) is 11.8 Å². The lowest BCUT2D eigenvalue weighted by atomic mass is 10.2. The van der Waals surface area contributed by atoms with Gasteiger partial charge in [0.25, 0.3) is 15.2 Å². The number of benzene rings is 2. The van der Waals surface area contributed by atoms with Crippen LogP contribution in [-0.4, -0.2) is 35.3 Å². The fourth-order valence-corrected chi connectivity index (χ4v) is 4.64. The molecule has 2 heterocycles. The van der Waals surface area contributed by atoms with Crippen LogP contribution in [0.4, 0.5) is 10.8 Å². The molecule has 0 aliphatic carbocycles. The minimum Gasteiger partial charge on any atom is -0.411 e. The van der Waals surface area contributed by atoms with Crippen molar-refractivity contribution < 1.29 is 17.6 Å². The average molecular weight is 474 g/mol. The number of nitrogens with zero attached hydrogens (tertiary/aromatic N) is 3. The van der Waals surface area contributed by atoms with Gasteiger partial charge in [-0.2, -0.15) is 0 Å². The second-order valence-electron chi connectivity index (χ2n) is 6.04. The molecule has 0 fully saturated rings. The Kier molecular flexibility index (Phi) is 6.30. The Bertz CT molecular complexity index is 1260. The molecule has 158 valence electrons. The smallest absolute Gasteiger partial charge is 0.277 e. The van der Waals surface area contributed by atoms with E-state index in [4.69, 9.17) is 4.42 Å². The van der Waals surface area contributed by atoms with E-state index in [-0.39, 0.29) is 27.7 Å². The van der Waals surface area contributed by atoms with E-state index >= 15 is 0 Å². The molecule has 4 aromatic rings. The Labute approximate surface area is 186 Å². The van der Waals surface area contributed by atoms with Gasteiger partial charge in [0.2, 0.25) is 11.8 Å². The number of anilines is 2. The van der Waals surface area contributed by atoms with Crippen LogP contribution in [-0.2, 0) is 14.8 Å². The van der Waals surface area contributed by atoms with Crippen molar-refractivity contribution in [2.45, 2.75) is 10.1 Å². The second kappa shape index (κ2) is 9.29. The summed E-state index contributed by atoms with van der Waals surface area (Å²) < 4.78 is 32.9. The predicted octanol–water partition coefficient (Wildman–Crippen LogP) is 3.72. The number of sulfonamides is 1. The summed E-state index contributed by atoms with van der Waals surface area (Å²) in [5.74, 6) is 0.136. The first-order valence-electron chi connectivity index (χ1n) is 8.83. The Morgan fingerprint density at radius 2 is 1.84 bits per heavy atom. The second-order valence-corrected chi connectivity index (χ2v) is 9.55. The van der Waals surface area contributed by atoms with Gasteiger partial charge in [0.1, 0.15) is 0 Å². The summed E-state index contributed by atoms with van der Waals surface area (Å²) >= 11 is 2.44. The lowest BCUT2D eigenvalue weighted by Gasteiger charge is -2.08. The van der Waals surface area contributed by atoms with Crippen molar-refractivity contribution in [1.29, 1.82) is 0 Å². The van der Waals surface area contributed by atoms with Gasteiger partial charge in [0, 0.05) is 22.8 Å². The van der Waals surface area contributed by atoms with Gasteiger partial charge in [0.05, 0.1) is 10.6 Å². The zero-order chi connectivity index (χ0) is 21.7. The fraction of sp³-hybridized carbons (Fsp3) is 0.0526. The molecular formula is C19H15N5O4S3. The molecule has 2 N–H and O–H groups in total. The van der Waals surface area contributed by atoms with Crippen LogP contribution in [0, 0.1) is 0 Å². The average Bonchev–Trinajstić information content (AvgIpc) is 3.45. The van der Waals surface area contributed by atoms with Crippen molar-refractivity contribution in [2.24, 2.45) is 0 Å². The third kappa shape index (κ3) is 5.48. The van der Waals surface area contributed by atoms with Crippen molar-refractivity contribution in [3.63, 3.8) is 0 Å². The minimum atomic E-state index is -3.67. The van der Waals surface area contributed by atoms with E-state index in [0.29, 0.717) is 16.4 Å². The Hall–Kier alpha value is -3.22. The summed E-state index contributed by atoms with van der Waals surface area (Å²) in [6.07, 6.45) is 1.61. The maximum atomic E-state index is 12.4. The summed E-state index contributed by atoms with van der Waals surface area (Å²) in [7, 11) is -3.67. The highest BCUT2D eigenvalue weighted by atomic mass is 32.2. The number of nitrogens with one attached hydrogen (secondary N) is 2. The van der Waals surface area contributed by atoms with Gasteiger partial charge >= 0.3 is 0 Å². The van der Waals surface area contributed by atoms with Gasteiger partial charge in [-0.1, -0.05) is 30.0 Å². The number of thioether (sulfide) groups is 1. The molecule has 31 heavy (non-hydrogen) atoms. The predicted molar refractivity (Wildman–Crippen MR) is 118 cm³/mol. The van der Waals surface area contributed by atoms with E-state index in [1.165, 1.54) is 23.5 Å². The third-order valence-electron chi connectivity index (χ3n) is 3.85. The van der Waals surface area contributed by atoms with Crippen LogP contribution < -0.4 is 10.0 Å². The number of amides is 1. The molecule has 2 aromatic carbocycles. The van der Waals surface area contributed by atoms with Gasteiger partial charge in [-0.05, 0) is 36.4 Å². The Balaban J connectivity index is 1.36. The highest BCUT2D eigenvalue weighted by Gasteiger charge is 2.15. The summed E-state index contributed by atoms with van der Waals surface area (Å²) in [5.41, 5.74) is 1.02. The van der Waals surface area contributed by atoms with Crippen molar-refractivity contribution in [1.82, 2.24) is 15.2 Å². The first kappa shape index (κ1) is 21.0. The third-order valence-corrected chi connectivity index (χ3v) is 6.75. The van der Waals surface area contributed by atoms with E-state index in [1.54, 1.807) is 54.0 Å². The maximum absolute atomic E-state index is 12.4. The molecule has 0 saturated carbocycles. The van der Waals surface area contributed by atoms with E-state index in [2.05, 4.69) is 25.2 Å². The quantitative estimate of drug-likeness (QED) is 0.371. The zero-order valence-electron chi connectivity index (χ0n) is 15.8. The monoisotopic (exact) mass is 473 g/mol. The van der Waals surface area contributed by atoms with E-state index in [1.807, 2.05) is 0 Å². The summed E-state index contributed by atoms with van der Waals surface area (Å²) in [6.45, 7) is 0. The SMILES string of the molecule is O=C(CSc1nnc(-c2ccc(NS(=O)(=O)c3ccccc3)cc2)o1)Nc1nccs1. The highest BCUT2D eigenvalue weighted by Crippen LogP contribution is 2.25. The number of thiazole rings is 1. The topological polar surface area (TPSA) is 127 Å². The Morgan fingerprint density at radius 1 is 1.06 bits per heavy atom. The van der Waals surface area contributed by atoms with Gasteiger partial charge in [0.15, 0.2) is 5.13 Å². The molecule has 1 amide bonds. The number of hydrogen-bond acceptors (Lipinski definition) is 9. The molecule has 0 saturated heterocycles. The first-order chi connectivity index (χ1) is 15.0. The number of rotatable bonds is 8. The van der Waals surface area contributed by atoms with Crippen LogP contribution in [0.3, 0.4) is 0 Å². The van der Waals surface area contributed by atoms with E-state index in [9.17, 15) is 13.2 Å². The molecule has 0 aliphatic heterocycles. The molecule has 0 spiro atoms.